The van der Waals surface area contributed by atoms with E-state index in [9.17, 15) is 19.8 Å². The molecule has 2 amide bonds. The second-order valence-electron chi connectivity index (χ2n) is 7.39. The molecular weight excluding hydrogens is 438 g/mol. The third-order valence-electron chi connectivity index (χ3n) is 4.95. The van der Waals surface area contributed by atoms with Gasteiger partial charge in [-0.3, -0.25) is 9.59 Å². The maximum Gasteiger partial charge on any atom is 0.287 e. The van der Waals surface area contributed by atoms with Crippen LogP contribution in [0.4, 0.5) is 0 Å². The van der Waals surface area contributed by atoms with E-state index >= 15 is 0 Å². The maximum atomic E-state index is 12.9. The van der Waals surface area contributed by atoms with E-state index in [4.69, 9.17) is 9.47 Å². The number of nitrogens with zero attached hydrogens (tertiary/aromatic N) is 1. The van der Waals surface area contributed by atoms with Gasteiger partial charge in [0, 0.05) is 17.2 Å². The van der Waals surface area contributed by atoms with Gasteiger partial charge in [0.05, 0.1) is 6.21 Å². The average molecular weight is 459 g/mol. The molecule has 3 aromatic rings. The molecule has 0 aromatic heterocycles. The molecule has 34 heavy (non-hydrogen) atoms. The summed E-state index contributed by atoms with van der Waals surface area (Å²) in [7, 11) is 0. The van der Waals surface area contributed by atoms with Crippen molar-refractivity contribution in [3.05, 3.63) is 88.6 Å². The number of aryl methyl sites for hydroxylation is 1. The molecule has 1 heterocycles. The summed E-state index contributed by atoms with van der Waals surface area (Å²) in [6.07, 6.45) is 2.73. The summed E-state index contributed by atoms with van der Waals surface area (Å²) in [4.78, 5) is 25.6. The molecule has 0 atom stereocenters. The summed E-state index contributed by atoms with van der Waals surface area (Å²) in [5.74, 6) is -0.324. The van der Waals surface area contributed by atoms with Crippen LogP contribution in [0.25, 0.3) is 6.08 Å². The van der Waals surface area contributed by atoms with Gasteiger partial charge in [0.25, 0.3) is 11.8 Å². The van der Waals surface area contributed by atoms with E-state index in [0.717, 1.165) is 0 Å². The molecule has 0 saturated carbocycles. The van der Waals surface area contributed by atoms with Crippen LogP contribution in [0.3, 0.4) is 0 Å². The van der Waals surface area contributed by atoms with E-state index < -0.39 is 11.8 Å². The van der Waals surface area contributed by atoms with E-state index in [2.05, 4.69) is 15.8 Å². The fourth-order valence-corrected chi connectivity index (χ4v) is 3.26. The fraction of sp³-hybridized carbons (Fsp3) is 0.0800. The van der Waals surface area contributed by atoms with Crippen molar-refractivity contribution < 1.29 is 29.3 Å². The summed E-state index contributed by atoms with van der Waals surface area (Å²) >= 11 is 0. The largest absolute Gasteiger partial charge is 0.508 e. The summed E-state index contributed by atoms with van der Waals surface area (Å²) in [6, 6.07) is 16.2. The zero-order chi connectivity index (χ0) is 24.1. The molecule has 1 aliphatic rings. The molecule has 0 saturated heterocycles. The van der Waals surface area contributed by atoms with Gasteiger partial charge >= 0.3 is 0 Å². The smallest absolute Gasteiger partial charge is 0.287 e. The summed E-state index contributed by atoms with van der Waals surface area (Å²) in [5, 5.41) is 26.1. The van der Waals surface area contributed by atoms with Gasteiger partial charge in [-0.15, -0.1) is 0 Å². The first kappa shape index (κ1) is 22.4. The van der Waals surface area contributed by atoms with Gasteiger partial charge in [0.15, 0.2) is 11.5 Å². The van der Waals surface area contributed by atoms with Gasteiger partial charge in [0.2, 0.25) is 6.79 Å². The third-order valence-corrected chi connectivity index (χ3v) is 4.95. The number of phenolic OH excluding ortho intramolecular Hbond substituents is 2. The molecule has 9 heteroatoms. The fourth-order valence-electron chi connectivity index (χ4n) is 3.26. The SMILES string of the molecule is Cc1cc(O)cc(O)c1/C=N/NC(=O)C(=Cc1ccc2c(c1)OCO2)NC(=O)c1ccccc1. The van der Waals surface area contributed by atoms with Gasteiger partial charge in [-0.2, -0.15) is 5.10 Å². The third kappa shape index (κ3) is 5.16. The van der Waals surface area contributed by atoms with Gasteiger partial charge in [-0.05, 0) is 54.5 Å². The summed E-state index contributed by atoms with van der Waals surface area (Å²) in [6.45, 7) is 1.78. The van der Waals surface area contributed by atoms with Crippen molar-refractivity contribution in [1.82, 2.24) is 10.7 Å². The molecule has 4 rings (SSSR count). The summed E-state index contributed by atoms with van der Waals surface area (Å²) < 4.78 is 10.7. The minimum atomic E-state index is -0.686. The molecule has 0 fully saturated rings. The Balaban J connectivity index is 1.58. The predicted molar refractivity (Wildman–Crippen MR) is 125 cm³/mol. The van der Waals surface area contributed by atoms with Crippen LogP contribution >= 0.6 is 0 Å². The monoisotopic (exact) mass is 459 g/mol. The second kappa shape index (κ2) is 9.78. The molecule has 9 nitrogen and oxygen atoms in total. The molecule has 4 N–H and O–H groups in total. The molecule has 0 aliphatic carbocycles. The van der Waals surface area contributed by atoms with Crippen LogP contribution in [0.15, 0.2) is 71.5 Å². The van der Waals surface area contributed by atoms with E-state index in [1.54, 1.807) is 55.5 Å². The zero-order valence-electron chi connectivity index (χ0n) is 18.1. The molecule has 1 aliphatic heterocycles. The Morgan fingerprint density at radius 3 is 2.53 bits per heavy atom. The quantitative estimate of drug-likeness (QED) is 0.255. The highest BCUT2D eigenvalue weighted by Gasteiger charge is 2.17. The number of benzene rings is 3. The van der Waals surface area contributed by atoms with E-state index in [1.807, 2.05) is 0 Å². The van der Waals surface area contributed by atoms with Crippen molar-refractivity contribution in [1.29, 1.82) is 0 Å². The van der Waals surface area contributed by atoms with Crippen molar-refractivity contribution >= 4 is 24.1 Å². The Kier molecular flexibility index (Phi) is 6.45. The first-order chi connectivity index (χ1) is 16.4. The minimum absolute atomic E-state index is 0.0588. The number of carbonyl (C=O) groups is 2. The molecule has 0 radical (unpaired) electrons. The zero-order valence-corrected chi connectivity index (χ0v) is 18.1. The number of hydrogen-bond acceptors (Lipinski definition) is 7. The van der Waals surface area contributed by atoms with Gasteiger partial charge in [-0.25, -0.2) is 5.43 Å². The molecule has 0 unspecified atom stereocenters. The highest BCUT2D eigenvalue weighted by Crippen LogP contribution is 2.33. The normalized spacial score (nSPS) is 12.6. The standard InChI is InChI=1S/C25H21N3O6/c1-15-9-18(29)12-21(30)19(15)13-26-28-25(32)20(27-24(31)17-5-3-2-4-6-17)10-16-7-8-22-23(11-16)34-14-33-22/h2-13,29-30H,14H2,1H3,(H,27,31)(H,28,32)/b20-10?,26-13+. The van der Waals surface area contributed by atoms with Crippen molar-refractivity contribution in [2.75, 3.05) is 6.79 Å². The van der Waals surface area contributed by atoms with Crippen LogP contribution in [0.1, 0.15) is 27.0 Å². The van der Waals surface area contributed by atoms with Gasteiger partial charge in [-0.1, -0.05) is 24.3 Å². The Hall–Kier alpha value is -4.79. The molecule has 0 spiro atoms. The molecule has 0 bridgehead atoms. The predicted octanol–water partition coefficient (Wildman–Crippen LogP) is 3.06. The summed E-state index contributed by atoms with van der Waals surface area (Å²) in [5.41, 5.74) is 4.15. The van der Waals surface area contributed by atoms with E-state index in [0.29, 0.717) is 33.8 Å². The average Bonchev–Trinajstić information content (AvgIpc) is 3.28. The lowest BCUT2D eigenvalue weighted by Gasteiger charge is -2.10. The van der Waals surface area contributed by atoms with E-state index in [-0.39, 0.29) is 24.0 Å². The number of fused-ring (bicyclic) bond motifs is 1. The first-order valence-corrected chi connectivity index (χ1v) is 10.2. The Morgan fingerprint density at radius 1 is 1.00 bits per heavy atom. The number of aromatic hydroxyl groups is 2. The Labute approximate surface area is 195 Å². The number of amides is 2. The topological polar surface area (TPSA) is 129 Å². The molecule has 3 aromatic carbocycles. The van der Waals surface area contributed by atoms with Crippen LogP contribution in [0.5, 0.6) is 23.0 Å². The van der Waals surface area contributed by atoms with Crippen LogP contribution in [-0.4, -0.2) is 35.0 Å². The van der Waals surface area contributed by atoms with Crippen molar-refractivity contribution in [3.8, 4) is 23.0 Å². The highest BCUT2D eigenvalue weighted by atomic mass is 16.7. The Morgan fingerprint density at radius 2 is 1.76 bits per heavy atom. The lowest BCUT2D eigenvalue weighted by atomic mass is 10.1. The van der Waals surface area contributed by atoms with Crippen molar-refractivity contribution in [2.24, 2.45) is 5.10 Å². The van der Waals surface area contributed by atoms with Crippen LogP contribution < -0.4 is 20.2 Å². The van der Waals surface area contributed by atoms with Crippen LogP contribution in [0.2, 0.25) is 0 Å². The van der Waals surface area contributed by atoms with Gasteiger partial charge in [0.1, 0.15) is 17.2 Å². The lowest BCUT2D eigenvalue weighted by molar-refractivity contribution is -0.117. The number of nitrogens with one attached hydrogen (secondary N) is 2. The van der Waals surface area contributed by atoms with Crippen LogP contribution in [-0.2, 0) is 4.79 Å². The minimum Gasteiger partial charge on any atom is -0.508 e. The maximum absolute atomic E-state index is 12.9. The number of rotatable bonds is 6. The van der Waals surface area contributed by atoms with Crippen molar-refractivity contribution in [2.45, 2.75) is 6.92 Å². The number of ether oxygens (including phenoxy) is 2. The molecular formula is C25H21N3O6. The lowest BCUT2D eigenvalue weighted by Crippen LogP contribution is -2.32. The second-order valence-corrected chi connectivity index (χ2v) is 7.39. The Bertz CT molecular complexity index is 1280. The highest BCUT2D eigenvalue weighted by molar-refractivity contribution is 6.05. The first-order valence-electron chi connectivity index (χ1n) is 10.2. The number of hydrazone groups is 1. The van der Waals surface area contributed by atoms with Gasteiger partial charge < -0.3 is 25.0 Å². The molecule has 172 valence electrons. The number of carbonyl (C=O) groups excluding carboxylic acids is 2. The number of hydrogen-bond donors (Lipinski definition) is 4. The van der Waals surface area contributed by atoms with Crippen LogP contribution in [0, 0.1) is 6.92 Å². The van der Waals surface area contributed by atoms with E-state index in [1.165, 1.54) is 24.4 Å². The number of phenols is 2. The van der Waals surface area contributed by atoms with Crippen molar-refractivity contribution in [3.63, 3.8) is 0 Å².